The molecule has 0 radical (unpaired) electrons. The van der Waals surface area contributed by atoms with E-state index in [1.54, 1.807) is 30.4 Å². The van der Waals surface area contributed by atoms with Crippen molar-refractivity contribution >= 4 is 11.3 Å². The first kappa shape index (κ1) is 13.1. The summed E-state index contributed by atoms with van der Waals surface area (Å²) in [5, 5.41) is 2.03. The highest BCUT2D eigenvalue weighted by Crippen LogP contribution is 2.26. The second-order valence-corrected chi connectivity index (χ2v) is 5.15. The van der Waals surface area contributed by atoms with Crippen LogP contribution in [-0.2, 0) is 6.42 Å². The van der Waals surface area contributed by atoms with E-state index in [2.05, 4.69) is 6.07 Å². The molecule has 2 rings (SSSR count). The van der Waals surface area contributed by atoms with Crippen molar-refractivity contribution in [3.05, 3.63) is 52.0 Å². The molecule has 0 aliphatic rings. The van der Waals surface area contributed by atoms with Crippen LogP contribution in [0.25, 0.3) is 0 Å². The molecule has 1 aromatic heterocycles. The first-order valence-corrected chi connectivity index (χ1v) is 6.75. The molecule has 0 saturated heterocycles. The number of ether oxygens (including phenoxy) is 1. The second-order valence-electron chi connectivity index (χ2n) is 4.12. The van der Waals surface area contributed by atoms with Crippen molar-refractivity contribution in [3.63, 3.8) is 0 Å². The van der Waals surface area contributed by atoms with Gasteiger partial charge in [0.25, 0.3) is 0 Å². The Morgan fingerprint density at radius 1 is 1.33 bits per heavy atom. The third-order valence-corrected chi connectivity index (χ3v) is 3.59. The van der Waals surface area contributed by atoms with Crippen LogP contribution in [0.5, 0.6) is 5.75 Å². The summed E-state index contributed by atoms with van der Waals surface area (Å²) in [6.07, 6.45) is 0.826. The number of hydrogen-bond acceptors (Lipinski definition) is 3. The van der Waals surface area contributed by atoms with Gasteiger partial charge in [-0.1, -0.05) is 12.1 Å². The largest absolute Gasteiger partial charge is 0.493 e. The topological polar surface area (TPSA) is 35.2 Å². The van der Waals surface area contributed by atoms with Gasteiger partial charge in [0.2, 0.25) is 0 Å². The summed E-state index contributed by atoms with van der Waals surface area (Å²) >= 11 is 1.69. The fraction of sp³-hybridized carbons (Fsp3) is 0.286. The molecule has 0 aliphatic carbocycles. The van der Waals surface area contributed by atoms with Crippen molar-refractivity contribution in [2.24, 2.45) is 5.73 Å². The summed E-state index contributed by atoms with van der Waals surface area (Å²) in [5.41, 5.74) is 6.21. The Labute approximate surface area is 110 Å². The molecule has 1 aromatic carbocycles. The first-order chi connectivity index (χ1) is 8.68. The monoisotopic (exact) mass is 265 g/mol. The normalized spacial score (nSPS) is 12.4. The summed E-state index contributed by atoms with van der Waals surface area (Å²) in [4.78, 5) is 1.26. The molecular weight excluding hydrogens is 249 g/mol. The molecule has 2 N–H and O–H groups in total. The third kappa shape index (κ3) is 3.09. The van der Waals surface area contributed by atoms with Crippen LogP contribution in [0.3, 0.4) is 0 Å². The van der Waals surface area contributed by atoms with Gasteiger partial charge in [-0.05, 0) is 30.5 Å². The Hall–Kier alpha value is -1.39. The standard InChI is InChI=1S/C14H16FNOS/c1-10(16)14-12(15)5-2-6-13(14)17-8-7-11-4-3-9-18-11/h2-6,9-10H,7-8,16H2,1H3. The van der Waals surface area contributed by atoms with Gasteiger partial charge < -0.3 is 10.5 Å². The Morgan fingerprint density at radius 3 is 2.83 bits per heavy atom. The van der Waals surface area contributed by atoms with E-state index < -0.39 is 0 Å². The Morgan fingerprint density at radius 2 is 2.17 bits per heavy atom. The molecular formula is C14H16FNOS. The zero-order chi connectivity index (χ0) is 13.0. The molecule has 0 amide bonds. The summed E-state index contributed by atoms with van der Waals surface area (Å²) in [6, 6.07) is 8.51. The van der Waals surface area contributed by atoms with Gasteiger partial charge in [0, 0.05) is 22.9 Å². The second kappa shape index (κ2) is 5.98. The van der Waals surface area contributed by atoms with Gasteiger partial charge in [0.05, 0.1) is 6.61 Å². The van der Waals surface area contributed by atoms with Crippen LogP contribution in [0.2, 0.25) is 0 Å². The quantitative estimate of drug-likeness (QED) is 0.897. The van der Waals surface area contributed by atoms with Crippen LogP contribution in [-0.4, -0.2) is 6.61 Å². The van der Waals surface area contributed by atoms with Crippen molar-refractivity contribution in [1.29, 1.82) is 0 Å². The Balaban J connectivity index is 2.03. The van der Waals surface area contributed by atoms with Crippen molar-refractivity contribution in [1.82, 2.24) is 0 Å². The van der Waals surface area contributed by atoms with Crippen LogP contribution < -0.4 is 10.5 Å². The molecule has 1 atom stereocenters. The van der Waals surface area contributed by atoms with Crippen molar-refractivity contribution < 1.29 is 9.13 Å². The molecule has 2 nitrogen and oxygen atoms in total. The minimum absolute atomic E-state index is 0.307. The number of benzene rings is 1. The fourth-order valence-corrected chi connectivity index (χ4v) is 2.49. The number of rotatable bonds is 5. The summed E-state index contributed by atoms with van der Waals surface area (Å²) in [7, 11) is 0. The molecule has 96 valence electrons. The van der Waals surface area contributed by atoms with Crippen molar-refractivity contribution in [2.75, 3.05) is 6.61 Å². The first-order valence-electron chi connectivity index (χ1n) is 5.87. The SMILES string of the molecule is CC(N)c1c(F)cccc1OCCc1cccs1. The molecule has 4 heteroatoms. The summed E-state index contributed by atoms with van der Waals surface area (Å²) in [6.45, 7) is 2.29. The third-order valence-electron chi connectivity index (χ3n) is 2.65. The Bertz CT molecular complexity index is 497. The maximum atomic E-state index is 13.6. The van der Waals surface area contributed by atoms with Gasteiger partial charge >= 0.3 is 0 Å². The van der Waals surface area contributed by atoms with Crippen molar-refractivity contribution in [3.8, 4) is 5.75 Å². The molecule has 0 spiro atoms. The molecule has 2 aromatic rings. The van der Waals surface area contributed by atoms with Gasteiger partial charge in [0.15, 0.2) is 0 Å². The van der Waals surface area contributed by atoms with E-state index in [9.17, 15) is 4.39 Å². The zero-order valence-electron chi connectivity index (χ0n) is 10.2. The molecule has 18 heavy (non-hydrogen) atoms. The highest BCUT2D eigenvalue weighted by atomic mass is 32.1. The number of nitrogens with two attached hydrogens (primary N) is 1. The van der Waals surface area contributed by atoms with Crippen LogP contribution >= 0.6 is 11.3 Å². The van der Waals surface area contributed by atoms with E-state index in [1.165, 1.54) is 10.9 Å². The maximum Gasteiger partial charge on any atom is 0.131 e. The van der Waals surface area contributed by atoms with Gasteiger partial charge in [-0.15, -0.1) is 11.3 Å². The molecule has 0 saturated carbocycles. The van der Waals surface area contributed by atoms with Gasteiger partial charge in [-0.25, -0.2) is 4.39 Å². The van der Waals surface area contributed by atoms with Crippen LogP contribution in [0.4, 0.5) is 4.39 Å². The highest BCUT2D eigenvalue weighted by Gasteiger charge is 2.13. The van der Waals surface area contributed by atoms with E-state index in [4.69, 9.17) is 10.5 Å². The number of hydrogen-bond donors (Lipinski definition) is 1. The minimum Gasteiger partial charge on any atom is -0.493 e. The summed E-state index contributed by atoms with van der Waals surface area (Å²) < 4.78 is 19.3. The molecule has 0 fully saturated rings. The highest BCUT2D eigenvalue weighted by molar-refractivity contribution is 7.09. The van der Waals surface area contributed by atoms with Gasteiger partial charge in [-0.2, -0.15) is 0 Å². The zero-order valence-corrected chi connectivity index (χ0v) is 11.0. The predicted octanol–water partition coefficient (Wildman–Crippen LogP) is 3.53. The van der Waals surface area contributed by atoms with Crippen LogP contribution in [0.15, 0.2) is 35.7 Å². The molecule has 0 bridgehead atoms. The average molecular weight is 265 g/mol. The molecule has 1 unspecified atom stereocenters. The fourth-order valence-electron chi connectivity index (χ4n) is 1.80. The lowest BCUT2D eigenvalue weighted by Gasteiger charge is -2.14. The van der Waals surface area contributed by atoms with E-state index in [1.807, 2.05) is 11.4 Å². The van der Waals surface area contributed by atoms with E-state index >= 15 is 0 Å². The number of halogens is 1. The Kier molecular flexibility index (Phi) is 4.33. The van der Waals surface area contributed by atoms with Gasteiger partial charge in [0.1, 0.15) is 11.6 Å². The minimum atomic E-state index is -0.372. The molecule has 1 heterocycles. The lowest BCUT2D eigenvalue weighted by molar-refractivity contribution is 0.315. The van der Waals surface area contributed by atoms with E-state index in [0.717, 1.165) is 6.42 Å². The van der Waals surface area contributed by atoms with E-state index in [-0.39, 0.29) is 11.9 Å². The van der Waals surface area contributed by atoms with Crippen LogP contribution in [0, 0.1) is 5.82 Å². The smallest absolute Gasteiger partial charge is 0.131 e. The van der Waals surface area contributed by atoms with E-state index in [0.29, 0.717) is 17.9 Å². The lowest BCUT2D eigenvalue weighted by Crippen LogP contribution is -2.11. The maximum absolute atomic E-state index is 13.6. The summed E-state index contributed by atoms with van der Waals surface area (Å²) in [5.74, 6) is 0.236. The number of thiophene rings is 1. The average Bonchev–Trinajstić information content (AvgIpc) is 2.81. The van der Waals surface area contributed by atoms with Gasteiger partial charge in [-0.3, -0.25) is 0 Å². The van der Waals surface area contributed by atoms with Crippen molar-refractivity contribution in [2.45, 2.75) is 19.4 Å². The predicted molar refractivity (Wildman–Crippen MR) is 72.5 cm³/mol. The van der Waals surface area contributed by atoms with Crippen LogP contribution in [0.1, 0.15) is 23.4 Å². The lowest BCUT2D eigenvalue weighted by atomic mass is 10.1. The molecule has 0 aliphatic heterocycles.